The number of H-pyrrole nitrogens is 1. The van der Waals surface area contributed by atoms with Gasteiger partial charge in [0.1, 0.15) is 5.52 Å². The molecule has 3 heterocycles. The minimum Gasteiger partial charge on any atom is -0.369 e. The Morgan fingerprint density at radius 2 is 1.70 bits per heavy atom. The van der Waals surface area contributed by atoms with Crippen LogP contribution in [0.1, 0.15) is 0 Å². The summed E-state index contributed by atoms with van der Waals surface area (Å²) in [5.41, 5.74) is 7.40. The molecule has 1 fully saturated rings. The minimum atomic E-state index is -0.212. The van der Waals surface area contributed by atoms with Crippen LogP contribution in [0.4, 0.5) is 16.2 Å². The number of benzene rings is 2. The van der Waals surface area contributed by atoms with E-state index in [0.717, 1.165) is 72.0 Å². The second kappa shape index (κ2) is 11.0. The van der Waals surface area contributed by atoms with E-state index >= 15 is 0 Å². The summed E-state index contributed by atoms with van der Waals surface area (Å²) in [5.74, 6) is 0. The molecule has 2 amide bonds. The fourth-order valence-corrected chi connectivity index (χ4v) is 4.46. The van der Waals surface area contributed by atoms with Crippen LogP contribution in [0.5, 0.6) is 0 Å². The summed E-state index contributed by atoms with van der Waals surface area (Å²) in [5, 5.41) is 5.73. The highest BCUT2D eigenvalue weighted by Crippen LogP contribution is 2.30. The number of amides is 2. The van der Waals surface area contributed by atoms with Crippen LogP contribution in [0.25, 0.3) is 33.5 Å². The first kappa shape index (κ1) is 24.7. The predicted molar refractivity (Wildman–Crippen MR) is 150 cm³/mol. The molecule has 1 aliphatic heterocycles. The second-order valence-electron chi connectivity index (χ2n) is 9.75. The molecule has 0 spiro atoms. The Bertz CT molecular complexity index is 1340. The maximum Gasteiger partial charge on any atom is 0.319 e. The van der Waals surface area contributed by atoms with Crippen LogP contribution in [-0.4, -0.2) is 91.2 Å². The van der Waals surface area contributed by atoms with Crippen LogP contribution < -0.4 is 15.5 Å². The number of anilines is 2. The van der Waals surface area contributed by atoms with Crippen LogP contribution in [0.3, 0.4) is 0 Å². The largest absolute Gasteiger partial charge is 0.369 e. The third-order valence-corrected chi connectivity index (χ3v) is 6.71. The minimum absolute atomic E-state index is 0.212. The van der Waals surface area contributed by atoms with Gasteiger partial charge in [-0.1, -0.05) is 24.3 Å². The van der Waals surface area contributed by atoms with Crippen LogP contribution in [-0.2, 0) is 0 Å². The number of carbonyl (C=O) groups excluding carboxylic acids is 1. The van der Waals surface area contributed by atoms with E-state index in [-0.39, 0.29) is 6.03 Å². The molecule has 3 N–H and O–H groups in total. The number of rotatable bonds is 7. The summed E-state index contributed by atoms with van der Waals surface area (Å²) < 4.78 is 0. The van der Waals surface area contributed by atoms with Gasteiger partial charge >= 0.3 is 6.03 Å². The summed E-state index contributed by atoms with van der Waals surface area (Å²) in [6, 6.07) is 16.1. The maximum absolute atomic E-state index is 12.1. The van der Waals surface area contributed by atoms with Crippen molar-refractivity contribution in [1.82, 2.24) is 30.1 Å². The predicted octanol–water partition coefficient (Wildman–Crippen LogP) is 3.73. The maximum atomic E-state index is 12.1. The van der Waals surface area contributed by atoms with Crippen LogP contribution in [0, 0.1) is 0 Å². The van der Waals surface area contributed by atoms with Gasteiger partial charge in [0.15, 0.2) is 5.65 Å². The lowest BCUT2D eigenvalue weighted by Gasteiger charge is -2.34. The van der Waals surface area contributed by atoms with Crippen molar-refractivity contribution in [2.75, 3.05) is 70.6 Å². The van der Waals surface area contributed by atoms with Gasteiger partial charge in [-0.15, -0.1) is 0 Å². The van der Waals surface area contributed by atoms with Crippen LogP contribution in [0.2, 0.25) is 0 Å². The fraction of sp³-hybridized carbons (Fsp3) is 0.321. The molecule has 0 aliphatic carbocycles. The van der Waals surface area contributed by atoms with Crippen LogP contribution >= 0.6 is 0 Å². The summed E-state index contributed by atoms with van der Waals surface area (Å²) in [6.07, 6.45) is 3.75. The Morgan fingerprint density at radius 3 is 2.41 bits per heavy atom. The number of nitrogens with one attached hydrogen (secondary N) is 3. The summed E-state index contributed by atoms with van der Waals surface area (Å²) >= 11 is 0. The molecule has 9 heteroatoms. The Morgan fingerprint density at radius 1 is 1.00 bits per heavy atom. The van der Waals surface area contributed by atoms with E-state index in [0.29, 0.717) is 6.54 Å². The van der Waals surface area contributed by atoms with Crippen molar-refractivity contribution in [3.63, 3.8) is 0 Å². The van der Waals surface area contributed by atoms with E-state index in [1.54, 1.807) is 0 Å². The number of hydrogen-bond acceptors (Lipinski definition) is 6. The molecule has 192 valence electrons. The van der Waals surface area contributed by atoms with Gasteiger partial charge in [-0.3, -0.25) is 0 Å². The highest BCUT2D eigenvalue weighted by Gasteiger charge is 2.15. The molecule has 2 aromatic carbocycles. The average molecular weight is 499 g/mol. The molecule has 0 atom stereocenters. The molecule has 4 aromatic rings. The lowest BCUT2D eigenvalue weighted by Crippen LogP contribution is -2.44. The van der Waals surface area contributed by atoms with Gasteiger partial charge in [-0.2, -0.15) is 0 Å². The molecule has 0 bridgehead atoms. The number of aromatic amines is 1. The van der Waals surface area contributed by atoms with E-state index in [1.807, 2.05) is 55.7 Å². The highest BCUT2D eigenvalue weighted by molar-refractivity contribution is 5.93. The van der Waals surface area contributed by atoms with Gasteiger partial charge in [0.2, 0.25) is 0 Å². The molecular formula is C28H34N8O. The standard InChI is InChI=1S/C28H34N8O/c1-34(2)13-12-29-28(37)32-22-8-4-20(5-9-22)24-18-30-27-26(24)33-25(19-31-27)21-6-10-23(11-7-21)36-16-14-35(3)15-17-36/h4-11,18-19H,12-17H2,1-3H3,(H,30,31)(H2,29,32,37). The summed E-state index contributed by atoms with van der Waals surface area (Å²) in [6.45, 7) is 5.64. The number of piperazine rings is 1. The highest BCUT2D eigenvalue weighted by atomic mass is 16.2. The van der Waals surface area contributed by atoms with Gasteiger partial charge in [0, 0.05) is 68.0 Å². The number of aromatic nitrogens is 3. The Balaban J connectivity index is 1.30. The van der Waals surface area contributed by atoms with Crippen LogP contribution in [0.15, 0.2) is 60.9 Å². The van der Waals surface area contributed by atoms with E-state index in [9.17, 15) is 4.79 Å². The number of fused-ring (bicyclic) bond motifs is 1. The smallest absolute Gasteiger partial charge is 0.319 e. The molecule has 9 nitrogen and oxygen atoms in total. The van der Waals surface area contributed by atoms with Crippen molar-refractivity contribution >= 4 is 28.6 Å². The zero-order chi connectivity index (χ0) is 25.8. The molecule has 2 aromatic heterocycles. The van der Waals surface area contributed by atoms with Crippen molar-refractivity contribution < 1.29 is 4.79 Å². The van der Waals surface area contributed by atoms with Crippen molar-refractivity contribution in [2.45, 2.75) is 0 Å². The van der Waals surface area contributed by atoms with E-state index in [4.69, 9.17) is 4.98 Å². The Labute approximate surface area is 217 Å². The Hall–Kier alpha value is -3.95. The summed E-state index contributed by atoms with van der Waals surface area (Å²) in [4.78, 5) is 31.7. The number of nitrogens with zero attached hydrogens (tertiary/aromatic N) is 5. The summed E-state index contributed by atoms with van der Waals surface area (Å²) in [7, 11) is 6.12. The first-order valence-corrected chi connectivity index (χ1v) is 12.6. The first-order chi connectivity index (χ1) is 18.0. The molecule has 37 heavy (non-hydrogen) atoms. The lowest BCUT2D eigenvalue weighted by atomic mass is 10.1. The molecule has 1 saturated heterocycles. The van der Waals surface area contributed by atoms with Gasteiger partial charge in [-0.05, 0) is 51.0 Å². The molecule has 0 radical (unpaired) electrons. The van der Waals surface area contributed by atoms with Gasteiger partial charge in [0.25, 0.3) is 0 Å². The van der Waals surface area contributed by atoms with E-state index in [2.05, 4.69) is 61.7 Å². The van der Waals surface area contributed by atoms with Gasteiger partial charge in [-0.25, -0.2) is 14.8 Å². The van der Waals surface area contributed by atoms with Crippen molar-refractivity contribution in [1.29, 1.82) is 0 Å². The normalized spacial score (nSPS) is 14.3. The quantitative estimate of drug-likeness (QED) is 0.360. The number of carbonyl (C=O) groups is 1. The first-order valence-electron chi connectivity index (χ1n) is 12.6. The van der Waals surface area contributed by atoms with E-state index in [1.165, 1.54) is 5.69 Å². The number of likely N-dealkylation sites (N-methyl/N-ethyl adjacent to an activating group) is 2. The molecule has 1 aliphatic rings. The molecule has 5 rings (SSSR count). The van der Waals surface area contributed by atoms with Crippen molar-refractivity contribution in [2.24, 2.45) is 0 Å². The lowest BCUT2D eigenvalue weighted by molar-refractivity contribution is 0.250. The second-order valence-corrected chi connectivity index (χ2v) is 9.75. The number of urea groups is 1. The third-order valence-electron chi connectivity index (χ3n) is 6.71. The van der Waals surface area contributed by atoms with Crippen molar-refractivity contribution in [3.8, 4) is 22.4 Å². The molecular weight excluding hydrogens is 464 g/mol. The SMILES string of the molecule is CN(C)CCNC(=O)Nc1ccc(-c2c[nH]c3ncc(-c4ccc(N5CCN(C)CC5)cc4)nc23)cc1. The van der Waals surface area contributed by atoms with Gasteiger partial charge < -0.3 is 30.3 Å². The van der Waals surface area contributed by atoms with Gasteiger partial charge in [0.05, 0.1) is 11.9 Å². The molecule has 0 saturated carbocycles. The number of hydrogen-bond donors (Lipinski definition) is 3. The Kier molecular flexibility index (Phi) is 7.34. The zero-order valence-corrected chi connectivity index (χ0v) is 21.7. The molecule has 0 unspecified atom stereocenters. The van der Waals surface area contributed by atoms with Crippen molar-refractivity contribution in [3.05, 3.63) is 60.9 Å². The topological polar surface area (TPSA) is 92.4 Å². The monoisotopic (exact) mass is 498 g/mol. The fourth-order valence-electron chi connectivity index (χ4n) is 4.46. The average Bonchev–Trinajstić information content (AvgIpc) is 3.33. The zero-order valence-electron chi connectivity index (χ0n) is 21.7. The van der Waals surface area contributed by atoms with E-state index < -0.39 is 0 Å². The third kappa shape index (κ3) is 5.90.